The SMILES string of the molecule is CCCNC(=O)[C@H](C)N(Cc1ccc(Cl)cc1Cl)C(=O)CN(c1ccc(OCC)cc1)S(=O)(=O)c1ccccc1. The fraction of sp³-hybridized carbons (Fsp3) is 0.310. The normalized spacial score (nSPS) is 11.9. The number of anilines is 1. The highest BCUT2D eigenvalue weighted by Crippen LogP contribution is 2.27. The first-order valence-corrected chi connectivity index (χ1v) is 15.1. The van der Waals surface area contributed by atoms with E-state index in [0.717, 1.165) is 10.7 Å². The summed E-state index contributed by atoms with van der Waals surface area (Å²) in [6, 6.07) is 18.3. The summed E-state index contributed by atoms with van der Waals surface area (Å²) in [6.45, 7) is 5.67. The second-order valence-electron chi connectivity index (χ2n) is 8.98. The number of ether oxygens (including phenoxy) is 1. The third-order valence-corrected chi connectivity index (χ3v) is 8.49. The summed E-state index contributed by atoms with van der Waals surface area (Å²) in [5.74, 6) is -0.382. The Morgan fingerprint density at radius 1 is 0.975 bits per heavy atom. The number of nitrogens with one attached hydrogen (secondary N) is 1. The predicted molar refractivity (Wildman–Crippen MR) is 158 cm³/mol. The molecule has 0 aliphatic rings. The van der Waals surface area contributed by atoms with E-state index in [1.165, 1.54) is 17.0 Å². The standard InChI is InChI=1S/C29H33Cl2N3O5S/c1-4-17-32-29(36)21(3)33(19-22-11-12-23(30)18-27(22)31)28(35)20-34(24-13-15-25(16-14-24)39-5-2)40(37,38)26-9-7-6-8-10-26/h6-16,18,21H,4-5,17,19-20H2,1-3H3,(H,32,36)/t21-/m0/s1. The highest BCUT2D eigenvalue weighted by atomic mass is 35.5. The number of hydrogen-bond acceptors (Lipinski definition) is 5. The average molecular weight is 607 g/mol. The van der Waals surface area contributed by atoms with Crippen LogP contribution in [0.3, 0.4) is 0 Å². The van der Waals surface area contributed by atoms with Gasteiger partial charge < -0.3 is 15.0 Å². The Hall–Kier alpha value is -3.27. The van der Waals surface area contributed by atoms with Crippen LogP contribution in [-0.4, -0.2) is 50.9 Å². The van der Waals surface area contributed by atoms with Crippen molar-refractivity contribution in [2.24, 2.45) is 0 Å². The van der Waals surface area contributed by atoms with E-state index >= 15 is 0 Å². The van der Waals surface area contributed by atoms with Crippen molar-refractivity contribution in [1.29, 1.82) is 0 Å². The van der Waals surface area contributed by atoms with Gasteiger partial charge in [-0.25, -0.2) is 8.42 Å². The highest BCUT2D eigenvalue weighted by molar-refractivity contribution is 7.92. The van der Waals surface area contributed by atoms with Gasteiger partial charge in [0.2, 0.25) is 11.8 Å². The zero-order chi connectivity index (χ0) is 29.3. The zero-order valence-corrected chi connectivity index (χ0v) is 25.0. The monoisotopic (exact) mass is 605 g/mol. The molecule has 0 saturated heterocycles. The second kappa shape index (κ2) is 14.4. The molecule has 40 heavy (non-hydrogen) atoms. The van der Waals surface area contributed by atoms with Gasteiger partial charge in [-0.15, -0.1) is 0 Å². The van der Waals surface area contributed by atoms with E-state index in [1.54, 1.807) is 67.6 Å². The maximum atomic E-state index is 13.9. The van der Waals surface area contributed by atoms with Crippen molar-refractivity contribution in [3.8, 4) is 5.75 Å². The van der Waals surface area contributed by atoms with Crippen LogP contribution < -0.4 is 14.4 Å². The van der Waals surface area contributed by atoms with Crippen molar-refractivity contribution in [2.75, 3.05) is 24.0 Å². The van der Waals surface area contributed by atoms with Crippen LogP contribution in [0.15, 0.2) is 77.7 Å². The highest BCUT2D eigenvalue weighted by Gasteiger charge is 2.32. The first-order chi connectivity index (χ1) is 19.1. The molecule has 1 N–H and O–H groups in total. The Morgan fingerprint density at radius 2 is 1.65 bits per heavy atom. The number of halogens is 2. The van der Waals surface area contributed by atoms with Crippen molar-refractivity contribution in [1.82, 2.24) is 10.2 Å². The van der Waals surface area contributed by atoms with Crippen LogP contribution in [0.2, 0.25) is 10.0 Å². The number of rotatable bonds is 13. The average Bonchev–Trinajstić information content (AvgIpc) is 2.95. The molecule has 0 aromatic heterocycles. The minimum absolute atomic E-state index is 0.0257. The fourth-order valence-corrected chi connectivity index (χ4v) is 5.84. The lowest BCUT2D eigenvalue weighted by Crippen LogP contribution is -2.51. The molecule has 2 amide bonds. The van der Waals surface area contributed by atoms with Crippen molar-refractivity contribution in [3.05, 3.63) is 88.4 Å². The molecule has 0 aliphatic heterocycles. The Labute approximate surface area is 245 Å². The summed E-state index contributed by atoms with van der Waals surface area (Å²) in [5.41, 5.74) is 0.835. The first kappa shape index (κ1) is 31.3. The second-order valence-corrected chi connectivity index (χ2v) is 11.7. The van der Waals surface area contributed by atoms with E-state index in [0.29, 0.717) is 34.5 Å². The van der Waals surface area contributed by atoms with Gasteiger partial charge in [0.05, 0.1) is 17.2 Å². The molecule has 0 fully saturated rings. The minimum atomic E-state index is -4.15. The van der Waals surface area contributed by atoms with Crippen molar-refractivity contribution in [2.45, 2.75) is 44.7 Å². The molecule has 0 bridgehead atoms. The molecule has 0 saturated carbocycles. The molecule has 0 unspecified atom stereocenters. The van der Waals surface area contributed by atoms with Gasteiger partial charge in [-0.3, -0.25) is 13.9 Å². The molecular formula is C29H33Cl2N3O5S. The number of carbonyl (C=O) groups is 2. The summed E-state index contributed by atoms with van der Waals surface area (Å²) >= 11 is 12.5. The summed E-state index contributed by atoms with van der Waals surface area (Å²) in [5, 5.41) is 3.56. The van der Waals surface area contributed by atoms with Crippen molar-refractivity contribution in [3.63, 3.8) is 0 Å². The predicted octanol–water partition coefficient (Wildman–Crippen LogP) is 5.53. The zero-order valence-electron chi connectivity index (χ0n) is 22.6. The maximum Gasteiger partial charge on any atom is 0.264 e. The Morgan fingerprint density at radius 3 is 2.25 bits per heavy atom. The molecule has 0 spiro atoms. The van der Waals surface area contributed by atoms with Crippen LogP contribution in [0.5, 0.6) is 5.75 Å². The summed E-state index contributed by atoms with van der Waals surface area (Å²) < 4.78 is 34.1. The van der Waals surface area contributed by atoms with Crippen LogP contribution >= 0.6 is 23.2 Å². The molecule has 11 heteroatoms. The molecular weight excluding hydrogens is 573 g/mol. The van der Waals surface area contributed by atoms with Gasteiger partial charge in [0.25, 0.3) is 10.0 Å². The van der Waals surface area contributed by atoms with Gasteiger partial charge in [0.1, 0.15) is 18.3 Å². The number of carbonyl (C=O) groups excluding carboxylic acids is 2. The maximum absolute atomic E-state index is 13.9. The molecule has 1 atom stereocenters. The Kier molecular flexibility index (Phi) is 11.2. The molecule has 0 aliphatic carbocycles. The van der Waals surface area contributed by atoms with E-state index in [-0.39, 0.29) is 23.0 Å². The number of amides is 2. The Bertz CT molecular complexity index is 1400. The van der Waals surface area contributed by atoms with Gasteiger partial charge in [-0.05, 0) is 74.4 Å². The molecule has 3 aromatic rings. The number of sulfonamides is 1. The van der Waals surface area contributed by atoms with Gasteiger partial charge in [0.15, 0.2) is 0 Å². The number of hydrogen-bond donors (Lipinski definition) is 1. The summed E-state index contributed by atoms with van der Waals surface area (Å²) in [4.78, 5) is 28.2. The first-order valence-electron chi connectivity index (χ1n) is 12.9. The molecule has 0 radical (unpaired) electrons. The van der Waals surface area contributed by atoms with Crippen molar-refractivity contribution >= 4 is 50.7 Å². The lowest BCUT2D eigenvalue weighted by atomic mass is 10.1. The quantitative estimate of drug-likeness (QED) is 0.276. The molecule has 3 aromatic carbocycles. The minimum Gasteiger partial charge on any atom is -0.494 e. The third-order valence-electron chi connectivity index (χ3n) is 6.12. The van der Waals surface area contributed by atoms with Crippen LogP contribution in [0.25, 0.3) is 0 Å². The lowest BCUT2D eigenvalue weighted by Gasteiger charge is -2.32. The van der Waals surface area contributed by atoms with Gasteiger partial charge >= 0.3 is 0 Å². The molecule has 8 nitrogen and oxygen atoms in total. The molecule has 0 heterocycles. The largest absolute Gasteiger partial charge is 0.494 e. The third kappa shape index (κ3) is 7.90. The molecule has 214 valence electrons. The van der Waals surface area contributed by atoms with Crippen LogP contribution in [0.4, 0.5) is 5.69 Å². The number of nitrogens with zero attached hydrogens (tertiary/aromatic N) is 2. The summed E-state index contributed by atoms with van der Waals surface area (Å²) in [6.07, 6.45) is 0.719. The van der Waals surface area contributed by atoms with E-state index in [4.69, 9.17) is 27.9 Å². The van der Waals surface area contributed by atoms with E-state index in [1.807, 2.05) is 13.8 Å². The van der Waals surface area contributed by atoms with Gasteiger partial charge in [0, 0.05) is 23.1 Å². The lowest BCUT2D eigenvalue weighted by molar-refractivity contribution is -0.139. The fourth-order valence-electron chi connectivity index (χ4n) is 3.94. The van der Waals surface area contributed by atoms with Crippen LogP contribution in [0.1, 0.15) is 32.8 Å². The van der Waals surface area contributed by atoms with Gasteiger partial charge in [-0.1, -0.05) is 54.4 Å². The van der Waals surface area contributed by atoms with Crippen LogP contribution in [-0.2, 0) is 26.2 Å². The van der Waals surface area contributed by atoms with E-state index < -0.39 is 28.5 Å². The number of benzene rings is 3. The topological polar surface area (TPSA) is 96.0 Å². The van der Waals surface area contributed by atoms with E-state index in [2.05, 4.69) is 5.32 Å². The van der Waals surface area contributed by atoms with Gasteiger partial charge in [-0.2, -0.15) is 0 Å². The smallest absolute Gasteiger partial charge is 0.264 e. The van der Waals surface area contributed by atoms with Crippen LogP contribution in [0, 0.1) is 0 Å². The summed E-state index contributed by atoms with van der Waals surface area (Å²) in [7, 11) is -4.15. The molecule has 3 rings (SSSR count). The van der Waals surface area contributed by atoms with E-state index in [9.17, 15) is 18.0 Å². The van der Waals surface area contributed by atoms with Crippen molar-refractivity contribution < 1.29 is 22.7 Å². The Balaban J connectivity index is 2.03.